The summed E-state index contributed by atoms with van der Waals surface area (Å²) < 4.78 is 0.609. The van der Waals surface area contributed by atoms with Gasteiger partial charge in [0.2, 0.25) is 5.91 Å². The number of nitro groups is 1. The number of carbonyl (C=O) groups is 1. The molecule has 0 radical (unpaired) electrons. The van der Waals surface area contributed by atoms with Gasteiger partial charge in [-0.15, -0.1) is 0 Å². The van der Waals surface area contributed by atoms with Crippen LogP contribution in [0.2, 0.25) is 0 Å². The number of nitrogens with one attached hydrogen (secondary N) is 2. The monoisotopic (exact) mass is 315 g/mol. The van der Waals surface area contributed by atoms with Crippen molar-refractivity contribution in [2.75, 3.05) is 18.9 Å². The van der Waals surface area contributed by atoms with Gasteiger partial charge in [-0.1, -0.05) is 6.92 Å². The van der Waals surface area contributed by atoms with Crippen LogP contribution in [0.4, 0.5) is 11.4 Å². The molecule has 0 aromatic heterocycles. The Morgan fingerprint density at radius 1 is 1.56 bits per heavy atom. The molecule has 1 aromatic carbocycles. The highest BCUT2D eigenvalue weighted by Crippen LogP contribution is 2.27. The number of carbonyl (C=O) groups excluding carboxylic acids is 1. The first-order valence-corrected chi connectivity index (χ1v) is 6.14. The van der Waals surface area contributed by atoms with Crippen LogP contribution in [0.1, 0.15) is 6.92 Å². The highest BCUT2D eigenvalue weighted by molar-refractivity contribution is 9.10. The molecule has 98 valence electrons. The molecule has 0 bridgehead atoms. The first-order valence-electron chi connectivity index (χ1n) is 5.35. The van der Waals surface area contributed by atoms with E-state index in [2.05, 4.69) is 26.6 Å². The summed E-state index contributed by atoms with van der Waals surface area (Å²) in [5.41, 5.74) is 0.340. The van der Waals surface area contributed by atoms with Gasteiger partial charge in [-0.2, -0.15) is 0 Å². The van der Waals surface area contributed by atoms with Crippen LogP contribution in [0.5, 0.6) is 0 Å². The maximum absolute atomic E-state index is 11.8. The van der Waals surface area contributed by atoms with Crippen LogP contribution in [0, 0.1) is 16.0 Å². The number of benzene rings is 1. The van der Waals surface area contributed by atoms with Gasteiger partial charge < -0.3 is 10.6 Å². The lowest BCUT2D eigenvalue weighted by Gasteiger charge is -2.12. The molecule has 0 saturated heterocycles. The van der Waals surface area contributed by atoms with Gasteiger partial charge in [0.05, 0.1) is 10.6 Å². The van der Waals surface area contributed by atoms with Gasteiger partial charge in [-0.3, -0.25) is 14.9 Å². The van der Waals surface area contributed by atoms with Crippen molar-refractivity contribution in [3.8, 4) is 0 Å². The summed E-state index contributed by atoms with van der Waals surface area (Å²) >= 11 is 3.24. The summed E-state index contributed by atoms with van der Waals surface area (Å²) in [5.74, 6) is -0.410. The van der Waals surface area contributed by atoms with E-state index in [9.17, 15) is 14.9 Å². The maximum atomic E-state index is 11.8. The molecule has 0 aliphatic rings. The lowest BCUT2D eigenvalue weighted by Crippen LogP contribution is -2.28. The number of amides is 1. The topological polar surface area (TPSA) is 84.3 Å². The van der Waals surface area contributed by atoms with Gasteiger partial charge in [0.1, 0.15) is 0 Å². The third-order valence-corrected chi connectivity index (χ3v) is 3.07. The van der Waals surface area contributed by atoms with Crippen molar-refractivity contribution in [3.63, 3.8) is 0 Å². The molecule has 0 aliphatic heterocycles. The summed E-state index contributed by atoms with van der Waals surface area (Å²) in [6.45, 7) is 2.31. The van der Waals surface area contributed by atoms with E-state index >= 15 is 0 Å². The normalized spacial score (nSPS) is 11.9. The zero-order valence-corrected chi connectivity index (χ0v) is 11.7. The van der Waals surface area contributed by atoms with Crippen molar-refractivity contribution in [2.45, 2.75) is 6.92 Å². The molecule has 1 rings (SSSR count). The third-order valence-electron chi connectivity index (χ3n) is 2.38. The number of anilines is 1. The fraction of sp³-hybridized carbons (Fsp3) is 0.364. The van der Waals surface area contributed by atoms with Crippen LogP contribution < -0.4 is 10.6 Å². The fourth-order valence-corrected chi connectivity index (χ4v) is 1.72. The quantitative estimate of drug-likeness (QED) is 0.644. The summed E-state index contributed by atoms with van der Waals surface area (Å²) in [4.78, 5) is 21.9. The van der Waals surface area contributed by atoms with Crippen molar-refractivity contribution in [1.29, 1.82) is 0 Å². The van der Waals surface area contributed by atoms with Gasteiger partial charge in [0.15, 0.2) is 0 Å². The Morgan fingerprint density at radius 3 is 2.78 bits per heavy atom. The number of nitro benzene ring substituents is 1. The van der Waals surface area contributed by atoms with Gasteiger partial charge in [0, 0.05) is 29.1 Å². The Labute approximate surface area is 113 Å². The average molecular weight is 316 g/mol. The van der Waals surface area contributed by atoms with Crippen molar-refractivity contribution in [1.82, 2.24) is 5.32 Å². The predicted molar refractivity (Wildman–Crippen MR) is 72.5 cm³/mol. The molecule has 18 heavy (non-hydrogen) atoms. The Kier molecular flexibility index (Phi) is 5.24. The Hall–Kier alpha value is -1.47. The van der Waals surface area contributed by atoms with E-state index in [1.54, 1.807) is 14.0 Å². The molecular weight excluding hydrogens is 302 g/mol. The van der Waals surface area contributed by atoms with E-state index in [0.29, 0.717) is 16.7 Å². The molecule has 2 N–H and O–H groups in total. The van der Waals surface area contributed by atoms with Gasteiger partial charge >= 0.3 is 0 Å². The molecule has 1 aromatic rings. The zero-order chi connectivity index (χ0) is 13.7. The fourth-order valence-electron chi connectivity index (χ4n) is 1.38. The van der Waals surface area contributed by atoms with Crippen molar-refractivity contribution in [2.24, 2.45) is 5.92 Å². The van der Waals surface area contributed by atoms with Gasteiger partial charge in [-0.25, -0.2) is 0 Å². The molecule has 7 heteroatoms. The van der Waals surface area contributed by atoms with E-state index in [-0.39, 0.29) is 17.5 Å². The van der Waals surface area contributed by atoms with E-state index in [1.807, 2.05) is 0 Å². The number of hydrogen-bond acceptors (Lipinski definition) is 4. The minimum Gasteiger partial charge on any atom is -0.325 e. The third kappa shape index (κ3) is 3.78. The molecule has 0 spiro atoms. The van der Waals surface area contributed by atoms with Crippen molar-refractivity contribution in [3.05, 3.63) is 32.8 Å². The molecule has 0 aliphatic carbocycles. The minimum atomic E-state index is -0.501. The Morgan fingerprint density at radius 2 is 2.22 bits per heavy atom. The van der Waals surface area contributed by atoms with Gasteiger partial charge in [-0.05, 0) is 29.0 Å². The first kappa shape index (κ1) is 14.6. The van der Waals surface area contributed by atoms with E-state index in [1.165, 1.54) is 18.2 Å². The van der Waals surface area contributed by atoms with Crippen molar-refractivity contribution < 1.29 is 9.72 Å². The average Bonchev–Trinajstić information content (AvgIpc) is 2.31. The summed E-state index contributed by atoms with van der Waals surface area (Å²) in [6, 6.07) is 4.24. The number of rotatable bonds is 5. The van der Waals surface area contributed by atoms with Crippen LogP contribution in [-0.2, 0) is 4.79 Å². The largest absolute Gasteiger partial charge is 0.325 e. The maximum Gasteiger partial charge on any atom is 0.271 e. The molecule has 1 amide bonds. The number of non-ortho nitro benzene ring substituents is 1. The number of hydrogen-bond donors (Lipinski definition) is 2. The molecule has 1 unspecified atom stereocenters. The minimum absolute atomic E-state index is 0.0604. The Balaban J connectivity index is 2.86. The van der Waals surface area contributed by atoms with Crippen LogP contribution in [0.15, 0.2) is 22.7 Å². The SMILES string of the molecule is CNCC(C)C(=O)Nc1cc([N+](=O)[O-])ccc1Br. The number of nitrogens with zero attached hydrogens (tertiary/aromatic N) is 1. The molecule has 6 nitrogen and oxygen atoms in total. The van der Waals surface area contributed by atoms with E-state index in [4.69, 9.17) is 0 Å². The Bertz CT molecular complexity index is 465. The second-order valence-corrected chi connectivity index (χ2v) is 4.72. The molecule has 1 atom stereocenters. The highest BCUT2D eigenvalue weighted by atomic mass is 79.9. The van der Waals surface area contributed by atoms with Crippen LogP contribution in [0.25, 0.3) is 0 Å². The standard InChI is InChI=1S/C11H14BrN3O3/c1-7(6-13-2)11(16)14-10-5-8(15(17)18)3-4-9(10)12/h3-5,7,13H,6H2,1-2H3,(H,14,16). The van der Waals surface area contributed by atoms with Crippen LogP contribution in [-0.4, -0.2) is 24.4 Å². The van der Waals surface area contributed by atoms with Crippen LogP contribution in [0.3, 0.4) is 0 Å². The molecular formula is C11H14BrN3O3. The first-order chi connectivity index (χ1) is 8.45. The lowest BCUT2D eigenvalue weighted by molar-refractivity contribution is -0.384. The van der Waals surface area contributed by atoms with Crippen LogP contribution >= 0.6 is 15.9 Å². The number of halogens is 1. The summed E-state index contributed by atoms with van der Waals surface area (Å²) in [7, 11) is 1.76. The second-order valence-electron chi connectivity index (χ2n) is 3.87. The van der Waals surface area contributed by atoms with Crippen molar-refractivity contribution >= 4 is 33.2 Å². The van der Waals surface area contributed by atoms with E-state index < -0.39 is 4.92 Å². The summed E-state index contributed by atoms with van der Waals surface area (Å²) in [6.07, 6.45) is 0. The lowest BCUT2D eigenvalue weighted by atomic mass is 10.1. The summed E-state index contributed by atoms with van der Waals surface area (Å²) in [5, 5.41) is 16.2. The predicted octanol–water partition coefficient (Wildman–Crippen LogP) is 2.15. The molecule has 0 fully saturated rings. The molecule has 0 saturated carbocycles. The molecule has 0 heterocycles. The zero-order valence-electron chi connectivity index (χ0n) is 10.1. The van der Waals surface area contributed by atoms with E-state index in [0.717, 1.165) is 0 Å². The van der Waals surface area contributed by atoms with Gasteiger partial charge in [0.25, 0.3) is 5.69 Å². The highest BCUT2D eigenvalue weighted by Gasteiger charge is 2.15. The second kappa shape index (κ2) is 6.46. The smallest absolute Gasteiger partial charge is 0.271 e.